The van der Waals surface area contributed by atoms with Gasteiger partial charge in [-0.1, -0.05) is 6.92 Å². The van der Waals surface area contributed by atoms with E-state index in [2.05, 4.69) is 0 Å². The van der Waals surface area contributed by atoms with Gasteiger partial charge in [0.05, 0.1) is 18.0 Å². The highest BCUT2D eigenvalue weighted by Gasteiger charge is 2.16. The van der Waals surface area contributed by atoms with E-state index in [9.17, 15) is 14.7 Å². The Kier molecular flexibility index (Phi) is 3.79. The first-order valence-electron chi connectivity index (χ1n) is 6.45. The molecule has 20 heavy (non-hydrogen) atoms. The molecule has 0 aliphatic rings. The fourth-order valence-corrected chi connectivity index (χ4v) is 2.18. The van der Waals surface area contributed by atoms with Gasteiger partial charge in [0.15, 0.2) is 0 Å². The minimum absolute atomic E-state index is 0.101. The number of carbonyl (C=O) groups is 1. The number of carboxylic acid groups (broad SMARTS) is 1. The van der Waals surface area contributed by atoms with Crippen molar-refractivity contribution in [3.05, 3.63) is 40.2 Å². The molecule has 0 saturated carbocycles. The van der Waals surface area contributed by atoms with Gasteiger partial charge in [-0.2, -0.15) is 0 Å². The Morgan fingerprint density at radius 3 is 2.70 bits per heavy atom. The zero-order valence-corrected chi connectivity index (χ0v) is 11.7. The summed E-state index contributed by atoms with van der Waals surface area (Å²) in [5.41, 5.74) is 0.0205. The molecular formula is C15H17NO4. The van der Waals surface area contributed by atoms with Crippen LogP contribution in [0.5, 0.6) is 5.75 Å². The fourth-order valence-electron chi connectivity index (χ4n) is 2.18. The first kappa shape index (κ1) is 14.1. The predicted molar refractivity (Wildman–Crippen MR) is 76.7 cm³/mol. The van der Waals surface area contributed by atoms with Crippen molar-refractivity contribution in [2.75, 3.05) is 7.11 Å². The van der Waals surface area contributed by atoms with Crippen LogP contribution in [-0.4, -0.2) is 22.8 Å². The monoisotopic (exact) mass is 275 g/mol. The highest BCUT2D eigenvalue weighted by Crippen LogP contribution is 2.23. The normalized spacial score (nSPS) is 12.3. The van der Waals surface area contributed by atoms with Crippen LogP contribution >= 0.6 is 0 Å². The Morgan fingerprint density at radius 1 is 1.45 bits per heavy atom. The summed E-state index contributed by atoms with van der Waals surface area (Å²) in [5, 5.41) is 9.55. The minimum Gasteiger partial charge on any atom is -0.497 e. The van der Waals surface area contributed by atoms with Gasteiger partial charge >= 0.3 is 5.97 Å². The maximum atomic E-state index is 12.3. The number of hydrogen-bond acceptors (Lipinski definition) is 3. The van der Waals surface area contributed by atoms with Crippen LogP contribution < -0.4 is 10.2 Å². The van der Waals surface area contributed by atoms with Crippen molar-refractivity contribution in [3.8, 4) is 5.75 Å². The van der Waals surface area contributed by atoms with Gasteiger partial charge in [-0.05, 0) is 31.5 Å². The van der Waals surface area contributed by atoms with Crippen molar-refractivity contribution < 1.29 is 14.6 Å². The zero-order valence-electron chi connectivity index (χ0n) is 11.7. The number of aromatic nitrogens is 1. The summed E-state index contributed by atoms with van der Waals surface area (Å²) >= 11 is 0. The molecule has 0 saturated heterocycles. The highest BCUT2D eigenvalue weighted by atomic mass is 16.5. The average Bonchev–Trinajstić information content (AvgIpc) is 2.46. The molecule has 0 fully saturated rings. The third kappa shape index (κ3) is 2.27. The SMILES string of the molecule is CCC(C)n1cc(C(=O)O)c(=O)c2cc(OC)ccc21. The molecule has 0 aliphatic heterocycles. The van der Waals surface area contributed by atoms with Crippen molar-refractivity contribution in [3.63, 3.8) is 0 Å². The summed E-state index contributed by atoms with van der Waals surface area (Å²) in [4.78, 5) is 23.5. The van der Waals surface area contributed by atoms with Crippen LogP contribution in [0.15, 0.2) is 29.2 Å². The second-order valence-electron chi connectivity index (χ2n) is 4.72. The standard InChI is InChI=1S/C15H17NO4/c1-4-9(2)16-8-12(15(18)19)14(17)11-7-10(20-3)5-6-13(11)16/h5-9H,4H2,1-3H3,(H,18,19). The van der Waals surface area contributed by atoms with Crippen molar-refractivity contribution >= 4 is 16.9 Å². The van der Waals surface area contributed by atoms with Crippen LogP contribution in [0.3, 0.4) is 0 Å². The number of rotatable bonds is 4. The molecular weight excluding hydrogens is 258 g/mol. The lowest BCUT2D eigenvalue weighted by Crippen LogP contribution is -2.20. The van der Waals surface area contributed by atoms with Crippen molar-refractivity contribution in [1.82, 2.24) is 4.57 Å². The van der Waals surface area contributed by atoms with Crippen LogP contribution in [0.1, 0.15) is 36.7 Å². The zero-order chi connectivity index (χ0) is 14.9. The third-order valence-corrected chi connectivity index (χ3v) is 3.54. The van der Waals surface area contributed by atoms with E-state index in [1.165, 1.54) is 13.3 Å². The van der Waals surface area contributed by atoms with Gasteiger partial charge in [-0.15, -0.1) is 0 Å². The molecule has 5 heteroatoms. The smallest absolute Gasteiger partial charge is 0.341 e. The molecule has 2 aromatic rings. The van der Waals surface area contributed by atoms with Crippen LogP contribution in [0.2, 0.25) is 0 Å². The average molecular weight is 275 g/mol. The maximum Gasteiger partial charge on any atom is 0.341 e. The fraction of sp³-hybridized carbons (Fsp3) is 0.333. The van der Waals surface area contributed by atoms with Crippen molar-refractivity contribution in [2.45, 2.75) is 26.3 Å². The molecule has 2 rings (SSSR count). The number of nitrogens with zero attached hydrogens (tertiary/aromatic N) is 1. The van der Waals surface area contributed by atoms with E-state index in [-0.39, 0.29) is 11.6 Å². The van der Waals surface area contributed by atoms with Gasteiger partial charge < -0.3 is 14.4 Å². The molecule has 0 amide bonds. The number of ether oxygens (including phenoxy) is 1. The Hall–Kier alpha value is -2.30. The van der Waals surface area contributed by atoms with Gasteiger partial charge in [0.2, 0.25) is 5.43 Å². The number of aromatic carboxylic acids is 1. The molecule has 106 valence electrons. The van der Waals surface area contributed by atoms with Gasteiger partial charge in [-0.3, -0.25) is 4.79 Å². The van der Waals surface area contributed by atoms with Crippen LogP contribution in [-0.2, 0) is 0 Å². The molecule has 1 aromatic carbocycles. The molecule has 1 atom stereocenters. The molecule has 0 bridgehead atoms. The predicted octanol–water partition coefficient (Wildman–Crippen LogP) is 2.68. The van der Waals surface area contributed by atoms with Gasteiger partial charge in [0.25, 0.3) is 0 Å². The molecule has 1 N–H and O–H groups in total. The number of hydrogen-bond donors (Lipinski definition) is 1. The lowest BCUT2D eigenvalue weighted by Gasteiger charge is -2.18. The second-order valence-corrected chi connectivity index (χ2v) is 4.72. The lowest BCUT2D eigenvalue weighted by molar-refractivity contribution is 0.0694. The third-order valence-electron chi connectivity index (χ3n) is 3.54. The van der Waals surface area contributed by atoms with E-state index in [1.54, 1.807) is 18.2 Å². The van der Waals surface area contributed by atoms with E-state index in [1.807, 2.05) is 18.4 Å². The Labute approximate surface area is 116 Å². The first-order valence-corrected chi connectivity index (χ1v) is 6.45. The van der Waals surface area contributed by atoms with Crippen molar-refractivity contribution in [1.29, 1.82) is 0 Å². The topological polar surface area (TPSA) is 68.5 Å². The number of benzene rings is 1. The van der Waals surface area contributed by atoms with Gasteiger partial charge in [0, 0.05) is 12.2 Å². The number of fused-ring (bicyclic) bond motifs is 1. The van der Waals surface area contributed by atoms with E-state index in [0.29, 0.717) is 11.1 Å². The summed E-state index contributed by atoms with van der Waals surface area (Å²) in [7, 11) is 1.51. The van der Waals surface area contributed by atoms with E-state index < -0.39 is 11.4 Å². The molecule has 0 radical (unpaired) electrons. The number of methoxy groups -OCH3 is 1. The largest absolute Gasteiger partial charge is 0.497 e. The van der Waals surface area contributed by atoms with Crippen molar-refractivity contribution in [2.24, 2.45) is 0 Å². The Balaban J connectivity index is 2.89. The first-order chi connectivity index (χ1) is 9.49. The molecule has 0 aliphatic carbocycles. The Morgan fingerprint density at radius 2 is 2.15 bits per heavy atom. The van der Waals surface area contributed by atoms with E-state index in [4.69, 9.17) is 4.74 Å². The molecule has 1 aromatic heterocycles. The molecule has 1 unspecified atom stereocenters. The van der Waals surface area contributed by atoms with E-state index in [0.717, 1.165) is 11.9 Å². The number of carboxylic acids is 1. The summed E-state index contributed by atoms with van der Waals surface area (Å²) < 4.78 is 6.94. The Bertz CT molecular complexity index is 718. The minimum atomic E-state index is -1.21. The van der Waals surface area contributed by atoms with Gasteiger partial charge in [0.1, 0.15) is 11.3 Å². The quantitative estimate of drug-likeness (QED) is 0.931. The molecule has 5 nitrogen and oxygen atoms in total. The van der Waals surface area contributed by atoms with E-state index >= 15 is 0 Å². The van der Waals surface area contributed by atoms with Crippen LogP contribution in [0.4, 0.5) is 0 Å². The lowest BCUT2D eigenvalue weighted by atomic mass is 10.1. The summed E-state index contributed by atoms with van der Waals surface area (Å²) in [5.74, 6) is -0.676. The summed E-state index contributed by atoms with van der Waals surface area (Å²) in [6.07, 6.45) is 2.26. The number of pyridine rings is 1. The summed E-state index contributed by atoms with van der Waals surface area (Å²) in [6, 6.07) is 5.24. The molecule has 1 heterocycles. The van der Waals surface area contributed by atoms with Crippen LogP contribution in [0.25, 0.3) is 10.9 Å². The van der Waals surface area contributed by atoms with Crippen LogP contribution in [0, 0.1) is 0 Å². The highest BCUT2D eigenvalue weighted by molar-refractivity contribution is 5.93. The maximum absolute atomic E-state index is 12.3. The summed E-state index contributed by atoms with van der Waals surface area (Å²) in [6.45, 7) is 4.00. The van der Waals surface area contributed by atoms with Gasteiger partial charge in [-0.25, -0.2) is 4.79 Å². The molecule has 0 spiro atoms. The second kappa shape index (κ2) is 5.36.